The van der Waals surface area contributed by atoms with Crippen LogP contribution in [0.15, 0.2) is 48.8 Å². The van der Waals surface area contributed by atoms with Crippen LogP contribution in [0.3, 0.4) is 0 Å². The van der Waals surface area contributed by atoms with Crippen LogP contribution in [0, 0.1) is 26.7 Å². The van der Waals surface area contributed by atoms with Crippen molar-refractivity contribution in [3.05, 3.63) is 76.7 Å². The van der Waals surface area contributed by atoms with Crippen LogP contribution in [0.4, 0.5) is 44.9 Å². The molecule has 0 saturated carbocycles. The fourth-order valence-corrected chi connectivity index (χ4v) is 9.16. The maximum Gasteiger partial charge on any atom is 0.328 e. The Bertz CT molecular complexity index is 2160. The van der Waals surface area contributed by atoms with E-state index in [9.17, 15) is 9.59 Å². The van der Waals surface area contributed by atoms with E-state index in [1.807, 2.05) is 25.4 Å². The third-order valence-electron chi connectivity index (χ3n) is 12.4. The Labute approximate surface area is 334 Å². The summed E-state index contributed by atoms with van der Waals surface area (Å²) in [7, 11) is 0. The van der Waals surface area contributed by atoms with Crippen molar-refractivity contribution in [2.45, 2.75) is 53.0 Å². The Morgan fingerprint density at radius 1 is 0.807 bits per heavy atom. The van der Waals surface area contributed by atoms with Gasteiger partial charge in [-0.2, -0.15) is 0 Å². The number of nitrogens with zero attached hydrogens (tertiary/aromatic N) is 8. The number of amides is 3. The van der Waals surface area contributed by atoms with E-state index < -0.39 is 0 Å². The van der Waals surface area contributed by atoms with Crippen LogP contribution >= 0.6 is 0 Å². The second-order valence-corrected chi connectivity index (χ2v) is 16.1. The quantitative estimate of drug-likeness (QED) is 0.212. The number of aryl methyl sites for hydroxylation is 2. The molecule has 4 aromatic rings. The Morgan fingerprint density at radius 3 is 2.40 bits per heavy atom. The van der Waals surface area contributed by atoms with Gasteiger partial charge >= 0.3 is 6.03 Å². The number of benzene rings is 2. The zero-order valence-electron chi connectivity index (χ0n) is 33.3. The highest BCUT2D eigenvalue weighted by Crippen LogP contribution is 2.37. The Balaban J connectivity index is 0.752. The number of carbonyl (C=O) groups excluding carboxylic acids is 2. The first kappa shape index (κ1) is 37.0. The van der Waals surface area contributed by atoms with Crippen molar-refractivity contribution in [1.82, 2.24) is 25.2 Å². The van der Waals surface area contributed by atoms with Gasteiger partial charge in [-0.25, -0.2) is 19.7 Å². The van der Waals surface area contributed by atoms with Crippen molar-refractivity contribution in [2.75, 3.05) is 102 Å². The molecule has 3 fully saturated rings. The number of anilines is 7. The second kappa shape index (κ2) is 15.7. The number of hydrogen-bond acceptors (Lipinski definition) is 12. The van der Waals surface area contributed by atoms with Gasteiger partial charge in [0.1, 0.15) is 12.3 Å². The number of rotatable bonds is 8. The lowest BCUT2D eigenvalue weighted by Crippen LogP contribution is -2.50. The Kier molecular flexibility index (Phi) is 10.2. The highest BCUT2D eigenvalue weighted by Gasteiger charge is 2.28. The molecule has 0 aliphatic carbocycles. The minimum Gasteiger partial charge on any atom is -0.474 e. The van der Waals surface area contributed by atoms with Crippen molar-refractivity contribution in [1.29, 1.82) is 0 Å². The smallest absolute Gasteiger partial charge is 0.328 e. The highest BCUT2D eigenvalue weighted by atomic mass is 16.5. The summed E-state index contributed by atoms with van der Waals surface area (Å²) >= 11 is 0. The van der Waals surface area contributed by atoms with E-state index in [1.165, 1.54) is 35.3 Å². The minimum atomic E-state index is -0.336. The van der Waals surface area contributed by atoms with E-state index in [0.717, 1.165) is 105 Å². The number of imide groups is 1. The first-order valence-electron chi connectivity index (χ1n) is 20.5. The van der Waals surface area contributed by atoms with Crippen molar-refractivity contribution >= 4 is 52.0 Å². The van der Waals surface area contributed by atoms with Crippen LogP contribution in [-0.2, 0) is 17.8 Å². The lowest BCUT2D eigenvalue weighted by Gasteiger charge is -2.40. The molecule has 2 aromatic carbocycles. The first-order valence-corrected chi connectivity index (χ1v) is 20.5. The predicted molar refractivity (Wildman–Crippen MR) is 224 cm³/mol. The number of carbonyl (C=O) groups is 2. The van der Waals surface area contributed by atoms with Gasteiger partial charge in [0.25, 0.3) is 0 Å². The molecular weight excluding hydrogens is 719 g/mol. The standard InChI is InChI=1S/C43H53N11O3/c1-28-22-33(47-42-46-24-32-10-15-53(27-35(32)48-42)38-25-45-41-40(30(38)3)44-12-21-57-41)4-6-36(28)52-13-8-31(9-14-52)26-50-17-19-51(20-18-50)34-5-7-37(29(2)23-34)54-16-11-39(55)49-43(54)56/h4-7,22-25,31,44H,8-21,26-27H2,1-3H3,(H,46,47,48)(H,49,55,56). The van der Waals surface area contributed by atoms with Gasteiger partial charge < -0.3 is 30.1 Å². The molecule has 0 spiro atoms. The summed E-state index contributed by atoms with van der Waals surface area (Å²) < 4.78 is 5.75. The van der Waals surface area contributed by atoms with Crippen molar-refractivity contribution in [3.8, 4) is 5.88 Å². The van der Waals surface area contributed by atoms with Crippen LogP contribution in [0.2, 0.25) is 0 Å². The fourth-order valence-electron chi connectivity index (χ4n) is 9.16. The molecule has 9 rings (SSSR count). The SMILES string of the molecule is Cc1cc(Nc2ncc3c(n2)CN(c2cnc4c(c2C)NCCO4)CC3)ccc1N1CCC(CN2CCN(c3ccc(N4CCC(=O)NC4=O)c(C)c3)CC2)CC1. The van der Waals surface area contributed by atoms with E-state index in [-0.39, 0.29) is 11.9 Å². The topological polar surface area (TPSA) is 134 Å². The van der Waals surface area contributed by atoms with Gasteiger partial charge in [0.2, 0.25) is 17.7 Å². The summed E-state index contributed by atoms with van der Waals surface area (Å²) in [6.45, 7) is 17.2. The molecule has 3 amide bonds. The number of aromatic nitrogens is 3. The summed E-state index contributed by atoms with van der Waals surface area (Å²) in [6, 6.07) is 12.6. The molecule has 0 bridgehead atoms. The third kappa shape index (κ3) is 7.74. The van der Waals surface area contributed by atoms with E-state index in [1.54, 1.807) is 4.90 Å². The molecular formula is C43H53N11O3. The number of hydrogen-bond donors (Lipinski definition) is 3. The van der Waals surface area contributed by atoms with E-state index >= 15 is 0 Å². The Morgan fingerprint density at radius 2 is 1.61 bits per heavy atom. The fraction of sp³-hybridized carbons (Fsp3) is 0.465. The van der Waals surface area contributed by atoms with Crippen LogP contribution in [0.25, 0.3) is 0 Å². The number of urea groups is 1. The summed E-state index contributed by atoms with van der Waals surface area (Å²) in [5, 5.41) is 9.37. The largest absolute Gasteiger partial charge is 0.474 e. The summed E-state index contributed by atoms with van der Waals surface area (Å²) in [5.74, 6) is 1.80. The van der Waals surface area contributed by atoms with Crippen molar-refractivity contribution < 1.29 is 14.3 Å². The van der Waals surface area contributed by atoms with Gasteiger partial charge in [-0.15, -0.1) is 0 Å². The molecule has 14 nitrogen and oxygen atoms in total. The third-order valence-corrected chi connectivity index (χ3v) is 12.4. The van der Waals surface area contributed by atoms with E-state index in [2.05, 4.69) is 89.7 Å². The van der Waals surface area contributed by atoms with Crippen LogP contribution < -0.4 is 40.3 Å². The zero-order valence-corrected chi connectivity index (χ0v) is 33.3. The maximum absolute atomic E-state index is 12.4. The second-order valence-electron chi connectivity index (χ2n) is 16.1. The average Bonchev–Trinajstić information content (AvgIpc) is 3.22. The number of pyridine rings is 1. The molecule has 0 atom stereocenters. The number of piperazine rings is 1. The summed E-state index contributed by atoms with van der Waals surface area (Å²) in [5.41, 5.74) is 12.2. The zero-order chi connectivity index (χ0) is 39.0. The van der Waals surface area contributed by atoms with Gasteiger partial charge in [-0.1, -0.05) is 0 Å². The van der Waals surface area contributed by atoms with Crippen LogP contribution in [-0.4, -0.2) is 104 Å². The van der Waals surface area contributed by atoms with Crippen molar-refractivity contribution in [3.63, 3.8) is 0 Å². The van der Waals surface area contributed by atoms with Gasteiger partial charge in [0, 0.05) is 106 Å². The van der Waals surface area contributed by atoms with Gasteiger partial charge in [0.05, 0.1) is 24.1 Å². The number of fused-ring (bicyclic) bond motifs is 2. The first-order chi connectivity index (χ1) is 27.8. The van der Waals surface area contributed by atoms with Crippen LogP contribution in [0.5, 0.6) is 5.88 Å². The monoisotopic (exact) mass is 771 g/mol. The average molecular weight is 772 g/mol. The van der Waals surface area contributed by atoms with Crippen molar-refractivity contribution in [2.24, 2.45) is 5.92 Å². The molecule has 7 heterocycles. The lowest BCUT2D eigenvalue weighted by atomic mass is 9.95. The minimum absolute atomic E-state index is 0.209. The molecule has 0 radical (unpaired) electrons. The van der Waals surface area contributed by atoms with Gasteiger partial charge in [-0.05, 0) is 99.0 Å². The van der Waals surface area contributed by atoms with E-state index in [4.69, 9.17) is 9.72 Å². The molecule has 57 heavy (non-hydrogen) atoms. The molecule has 298 valence electrons. The number of piperidine rings is 1. The normalized spacial score (nSPS) is 19.1. The van der Waals surface area contributed by atoms with E-state index in [0.29, 0.717) is 43.9 Å². The molecule has 2 aromatic heterocycles. The molecule has 5 aliphatic rings. The number of nitrogens with one attached hydrogen (secondary N) is 3. The number of ether oxygens (including phenoxy) is 1. The molecule has 3 saturated heterocycles. The summed E-state index contributed by atoms with van der Waals surface area (Å²) in [6.07, 6.45) is 7.52. The molecule has 14 heteroatoms. The molecule has 0 unspecified atom stereocenters. The van der Waals surface area contributed by atoms with Crippen LogP contribution in [0.1, 0.15) is 47.2 Å². The lowest BCUT2D eigenvalue weighted by molar-refractivity contribution is -0.120. The Hall–Kier alpha value is -5.63. The highest BCUT2D eigenvalue weighted by molar-refractivity contribution is 6.06. The van der Waals surface area contributed by atoms with Gasteiger partial charge in [-0.3, -0.25) is 19.9 Å². The maximum atomic E-state index is 12.4. The molecule has 3 N–H and O–H groups in total. The summed E-state index contributed by atoms with van der Waals surface area (Å²) in [4.78, 5) is 49.9. The predicted octanol–water partition coefficient (Wildman–Crippen LogP) is 5.39. The van der Waals surface area contributed by atoms with Gasteiger partial charge in [0.15, 0.2) is 0 Å². The molecule has 5 aliphatic heterocycles.